The van der Waals surface area contributed by atoms with E-state index < -0.39 is 0 Å². The molecule has 0 spiro atoms. The van der Waals surface area contributed by atoms with Gasteiger partial charge in [-0.15, -0.1) is 0 Å². The molecule has 0 nitrogen and oxygen atoms in total. The van der Waals surface area contributed by atoms with Crippen molar-refractivity contribution in [2.75, 3.05) is 0 Å². The molecule has 0 N–H and O–H groups in total. The molecule has 0 atom stereocenters. The predicted octanol–water partition coefficient (Wildman–Crippen LogP) is 5.68. The fourth-order valence-electron chi connectivity index (χ4n) is 3.11. The summed E-state index contributed by atoms with van der Waals surface area (Å²) in [5, 5.41) is 0. The summed E-state index contributed by atoms with van der Waals surface area (Å²) in [4.78, 5) is 0. The van der Waals surface area contributed by atoms with Gasteiger partial charge in [0, 0.05) is 5.56 Å². The van der Waals surface area contributed by atoms with E-state index in [9.17, 15) is 8.78 Å². The van der Waals surface area contributed by atoms with Crippen LogP contribution < -0.4 is 0 Å². The van der Waals surface area contributed by atoms with Crippen molar-refractivity contribution in [2.45, 2.75) is 38.0 Å². The minimum absolute atomic E-state index is 0.251. The molecule has 1 aliphatic rings. The van der Waals surface area contributed by atoms with E-state index in [0.29, 0.717) is 17.0 Å². The molecule has 2 aromatic rings. The van der Waals surface area contributed by atoms with E-state index in [1.807, 2.05) is 6.07 Å². The van der Waals surface area contributed by atoms with Crippen molar-refractivity contribution in [3.63, 3.8) is 0 Å². The summed E-state index contributed by atoms with van der Waals surface area (Å²) >= 11 is 0. The highest BCUT2D eigenvalue weighted by Crippen LogP contribution is 2.34. The van der Waals surface area contributed by atoms with Crippen LogP contribution in [0.4, 0.5) is 8.78 Å². The maximum absolute atomic E-state index is 14.3. The van der Waals surface area contributed by atoms with Crippen molar-refractivity contribution in [2.24, 2.45) is 0 Å². The van der Waals surface area contributed by atoms with Crippen molar-refractivity contribution in [1.82, 2.24) is 0 Å². The molecule has 2 heteroatoms. The Kier molecular flexibility index (Phi) is 3.81. The van der Waals surface area contributed by atoms with Crippen LogP contribution in [0.5, 0.6) is 0 Å². The highest BCUT2D eigenvalue weighted by Gasteiger charge is 2.17. The normalized spacial score (nSPS) is 16.3. The highest BCUT2D eigenvalue weighted by molar-refractivity contribution is 5.64. The Bertz CT molecular complexity index is 598. The number of halogens is 2. The Hall–Kier alpha value is -1.70. The van der Waals surface area contributed by atoms with Gasteiger partial charge in [0.25, 0.3) is 0 Å². The summed E-state index contributed by atoms with van der Waals surface area (Å²) in [6.45, 7) is 0. The summed E-state index contributed by atoms with van der Waals surface area (Å²) in [7, 11) is 0. The first-order valence-electron chi connectivity index (χ1n) is 7.29. The zero-order valence-corrected chi connectivity index (χ0v) is 11.4. The summed E-state index contributed by atoms with van der Waals surface area (Å²) in [6.07, 6.45) is 6.06. The molecule has 0 saturated heterocycles. The Morgan fingerprint density at radius 1 is 0.850 bits per heavy atom. The van der Waals surface area contributed by atoms with Gasteiger partial charge < -0.3 is 0 Å². The van der Waals surface area contributed by atoms with Crippen LogP contribution in [0.3, 0.4) is 0 Å². The van der Waals surface area contributed by atoms with Crippen LogP contribution in [-0.2, 0) is 0 Å². The van der Waals surface area contributed by atoms with E-state index in [2.05, 4.69) is 0 Å². The van der Waals surface area contributed by atoms with E-state index in [1.54, 1.807) is 24.3 Å². The molecule has 0 heterocycles. The van der Waals surface area contributed by atoms with Crippen molar-refractivity contribution in [3.8, 4) is 11.1 Å². The Morgan fingerprint density at radius 3 is 2.35 bits per heavy atom. The lowest BCUT2D eigenvalue weighted by Crippen LogP contribution is -2.05. The molecule has 104 valence electrons. The molecule has 0 radical (unpaired) electrons. The summed E-state index contributed by atoms with van der Waals surface area (Å²) in [5.41, 5.74) is 2.16. The summed E-state index contributed by atoms with van der Waals surface area (Å²) in [5.74, 6) is -0.100. The second-order valence-corrected chi connectivity index (χ2v) is 5.58. The first-order chi connectivity index (χ1) is 9.74. The molecule has 2 aromatic carbocycles. The fourth-order valence-corrected chi connectivity index (χ4v) is 3.11. The van der Waals surface area contributed by atoms with E-state index in [-0.39, 0.29) is 11.6 Å². The van der Waals surface area contributed by atoms with E-state index in [1.165, 1.54) is 31.4 Å². The second kappa shape index (κ2) is 5.74. The van der Waals surface area contributed by atoms with Crippen molar-refractivity contribution >= 4 is 0 Å². The van der Waals surface area contributed by atoms with Gasteiger partial charge in [-0.3, -0.25) is 0 Å². The maximum atomic E-state index is 14.3. The Balaban J connectivity index is 1.91. The van der Waals surface area contributed by atoms with Gasteiger partial charge in [-0.2, -0.15) is 0 Å². The lowest BCUT2D eigenvalue weighted by Gasteiger charge is -2.22. The minimum atomic E-state index is -0.335. The van der Waals surface area contributed by atoms with Crippen molar-refractivity contribution in [1.29, 1.82) is 0 Å². The first kappa shape index (κ1) is 13.3. The number of hydrogen-bond donors (Lipinski definition) is 0. The third kappa shape index (κ3) is 2.74. The van der Waals surface area contributed by atoms with Gasteiger partial charge in [-0.25, -0.2) is 8.78 Å². The topological polar surface area (TPSA) is 0 Å². The van der Waals surface area contributed by atoms with Gasteiger partial charge >= 0.3 is 0 Å². The maximum Gasteiger partial charge on any atom is 0.131 e. The smallest absolute Gasteiger partial charge is 0.131 e. The van der Waals surface area contributed by atoms with Crippen molar-refractivity contribution in [3.05, 3.63) is 59.7 Å². The quantitative estimate of drug-likeness (QED) is 0.659. The Labute approximate surface area is 118 Å². The molecule has 0 bridgehead atoms. The number of rotatable bonds is 2. The lowest BCUT2D eigenvalue weighted by molar-refractivity contribution is 0.442. The monoisotopic (exact) mass is 272 g/mol. The second-order valence-electron chi connectivity index (χ2n) is 5.58. The first-order valence-corrected chi connectivity index (χ1v) is 7.29. The van der Waals surface area contributed by atoms with Gasteiger partial charge in [0.15, 0.2) is 0 Å². The van der Waals surface area contributed by atoms with E-state index in [4.69, 9.17) is 0 Å². The van der Waals surface area contributed by atoms with Crippen molar-refractivity contribution < 1.29 is 8.78 Å². The van der Waals surface area contributed by atoms with Crippen LogP contribution in [0, 0.1) is 11.6 Å². The zero-order valence-electron chi connectivity index (χ0n) is 11.4. The van der Waals surface area contributed by atoms with Gasteiger partial charge in [0.2, 0.25) is 0 Å². The molecule has 3 rings (SSSR count). The summed E-state index contributed by atoms with van der Waals surface area (Å²) in [6, 6.07) is 11.5. The van der Waals surface area contributed by atoms with Crippen LogP contribution in [0.2, 0.25) is 0 Å². The molecule has 0 amide bonds. The Morgan fingerprint density at radius 2 is 1.65 bits per heavy atom. The van der Waals surface area contributed by atoms with Gasteiger partial charge in [-0.1, -0.05) is 43.5 Å². The van der Waals surface area contributed by atoms with Gasteiger partial charge in [0.05, 0.1) is 0 Å². The molecule has 1 fully saturated rings. The molecule has 0 unspecified atom stereocenters. The molecule has 20 heavy (non-hydrogen) atoms. The minimum Gasteiger partial charge on any atom is -0.207 e. The SMILES string of the molecule is Fc1cccc(-c2ccc(C3CCCCC3)cc2F)c1. The van der Waals surface area contributed by atoms with Crippen LogP contribution in [0.1, 0.15) is 43.6 Å². The van der Waals surface area contributed by atoms with E-state index >= 15 is 0 Å². The fraction of sp³-hybridized carbons (Fsp3) is 0.333. The van der Waals surface area contributed by atoms with Crippen LogP contribution in [-0.4, -0.2) is 0 Å². The zero-order chi connectivity index (χ0) is 13.9. The van der Waals surface area contributed by atoms with Gasteiger partial charge in [-0.05, 0) is 48.1 Å². The number of hydrogen-bond acceptors (Lipinski definition) is 0. The van der Waals surface area contributed by atoms with Crippen LogP contribution in [0.15, 0.2) is 42.5 Å². The summed E-state index contributed by atoms with van der Waals surface area (Å²) < 4.78 is 27.5. The average Bonchev–Trinajstić information content (AvgIpc) is 2.48. The van der Waals surface area contributed by atoms with Crippen LogP contribution >= 0.6 is 0 Å². The highest BCUT2D eigenvalue weighted by atomic mass is 19.1. The molecule has 1 aliphatic carbocycles. The molecular weight excluding hydrogens is 254 g/mol. The number of benzene rings is 2. The molecular formula is C18H18F2. The predicted molar refractivity (Wildman–Crippen MR) is 77.6 cm³/mol. The third-order valence-corrected chi connectivity index (χ3v) is 4.21. The third-order valence-electron chi connectivity index (χ3n) is 4.21. The van der Waals surface area contributed by atoms with E-state index in [0.717, 1.165) is 18.4 Å². The largest absolute Gasteiger partial charge is 0.207 e. The molecule has 0 aliphatic heterocycles. The van der Waals surface area contributed by atoms with Crippen LogP contribution in [0.25, 0.3) is 11.1 Å². The lowest BCUT2D eigenvalue weighted by atomic mass is 9.83. The molecule has 0 aromatic heterocycles. The van der Waals surface area contributed by atoms with Gasteiger partial charge in [0.1, 0.15) is 11.6 Å². The standard InChI is InChI=1S/C18H18F2/c19-16-8-4-7-15(11-16)17-10-9-14(12-18(17)20)13-5-2-1-3-6-13/h4,7-13H,1-3,5-6H2. The molecule has 1 saturated carbocycles. The average molecular weight is 272 g/mol.